The first-order chi connectivity index (χ1) is 10.1. The Morgan fingerprint density at radius 3 is 2.19 bits per heavy atom. The molecule has 0 radical (unpaired) electrons. The number of rotatable bonds is 2. The Balaban J connectivity index is 2.19. The first-order valence-electron chi connectivity index (χ1n) is 6.79. The predicted octanol–water partition coefficient (Wildman–Crippen LogP) is 3.99. The number of hydrogen-bond acceptors (Lipinski definition) is 3. The molecule has 104 valence electrons. The van der Waals surface area contributed by atoms with E-state index in [1.807, 2.05) is 61.5 Å². The van der Waals surface area contributed by atoms with Crippen molar-refractivity contribution in [1.29, 1.82) is 0 Å². The largest absolute Gasteiger partial charge is 0.437 e. The van der Waals surface area contributed by atoms with Crippen LogP contribution in [0.1, 0.15) is 11.1 Å². The minimum absolute atomic E-state index is 0.254. The van der Waals surface area contributed by atoms with E-state index in [-0.39, 0.29) is 5.56 Å². The quantitative estimate of drug-likeness (QED) is 0.711. The van der Waals surface area contributed by atoms with Gasteiger partial charge in [-0.15, -0.1) is 0 Å². The fourth-order valence-corrected chi connectivity index (χ4v) is 2.15. The molecule has 0 saturated carbocycles. The lowest BCUT2D eigenvalue weighted by atomic mass is 10.1. The van der Waals surface area contributed by atoms with E-state index >= 15 is 0 Å². The van der Waals surface area contributed by atoms with Crippen molar-refractivity contribution < 1.29 is 4.42 Å². The number of aromatic nitrogens is 1. The van der Waals surface area contributed by atoms with Crippen LogP contribution < -0.4 is 5.56 Å². The molecule has 2 aromatic carbocycles. The molecule has 0 spiro atoms. The molecule has 0 saturated heterocycles. The van der Waals surface area contributed by atoms with Crippen molar-refractivity contribution in [1.82, 2.24) is 4.98 Å². The highest BCUT2D eigenvalue weighted by molar-refractivity contribution is 5.63. The molecule has 3 nitrogen and oxygen atoms in total. The van der Waals surface area contributed by atoms with Gasteiger partial charge in [0.15, 0.2) is 0 Å². The zero-order valence-electron chi connectivity index (χ0n) is 12.0. The molecule has 0 unspecified atom stereocenters. The van der Waals surface area contributed by atoms with E-state index in [9.17, 15) is 4.79 Å². The van der Waals surface area contributed by atoms with Crippen LogP contribution in [-0.2, 0) is 0 Å². The van der Waals surface area contributed by atoms with Crippen LogP contribution in [0.3, 0.4) is 0 Å². The summed E-state index contributed by atoms with van der Waals surface area (Å²) in [5, 5.41) is 0. The zero-order valence-corrected chi connectivity index (χ0v) is 12.0. The Morgan fingerprint density at radius 2 is 1.52 bits per heavy atom. The zero-order chi connectivity index (χ0) is 14.8. The molecule has 3 rings (SSSR count). The third-order valence-electron chi connectivity index (χ3n) is 3.40. The van der Waals surface area contributed by atoms with Gasteiger partial charge in [0.25, 0.3) is 5.56 Å². The highest BCUT2D eigenvalue weighted by Crippen LogP contribution is 2.25. The van der Waals surface area contributed by atoms with E-state index < -0.39 is 0 Å². The van der Waals surface area contributed by atoms with Gasteiger partial charge in [0.05, 0.1) is 5.56 Å². The van der Waals surface area contributed by atoms with Gasteiger partial charge < -0.3 is 4.42 Å². The second kappa shape index (κ2) is 5.37. The van der Waals surface area contributed by atoms with Crippen molar-refractivity contribution in [2.45, 2.75) is 13.8 Å². The molecule has 1 heterocycles. The van der Waals surface area contributed by atoms with Crippen LogP contribution in [0.25, 0.3) is 22.8 Å². The third kappa shape index (κ3) is 2.63. The molecular weight excluding hydrogens is 262 g/mol. The molecule has 1 aromatic heterocycles. The Hall–Kier alpha value is -2.68. The summed E-state index contributed by atoms with van der Waals surface area (Å²) in [5.74, 6) is 0.927. The Labute approximate surface area is 122 Å². The molecular formula is C18H15NO2. The molecule has 0 amide bonds. The van der Waals surface area contributed by atoms with Gasteiger partial charge in [0.1, 0.15) is 5.76 Å². The number of benzene rings is 2. The number of hydrogen-bond donors (Lipinski definition) is 0. The molecule has 3 heteroatoms. The maximum absolute atomic E-state index is 12.1. The summed E-state index contributed by atoms with van der Waals surface area (Å²) in [7, 11) is 0. The van der Waals surface area contributed by atoms with Gasteiger partial charge in [0.2, 0.25) is 5.89 Å². The van der Waals surface area contributed by atoms with Crippen LogP contribution in [-0.4, -0.2) is 4.98 Å². The smallest absolute Gasteiger partial charge is 0.279 e. The lowest BCUT2D eigenvalue weighted by Gasteiger charge is -2.07. The molecule has 0 atom stereocenters. The van der Waals surface area contributed by atoms with Gasteiger partial charge in [-0.05, 0) is 26.0 Å². The first-order valence-corrected chi connectivity index (χ1v) is 6.79. The van der Waals surface area contributed by atoms with E-state index in [0.717, 1.165) is 16.7 Å². The van der Waals surface area contributed by atoms with Crippen LogP contribution in [0.15, 0.2) is 63.8 Å². The first kappa shape index (κ1) is 13.3. The molecule has 0 aliphatic heterocycles. The maximum Gasteiger partial charge on any atom is 0.279 e. The van der Waals surface area contributed by atoms with E-state index in [1.54, 1.807) is 6.92 Å². The average molecular weight is 277 g/mol. The van der Waals surface area contributed by atoms with E-state index in [2.05, 4.69) is 4.98 Å². The summed E-state index contributed by atoms with van der Waals surface area (Å²) in [6, 6.07) is 17.4. The predicted molar refractivity (Wildman–Crippen MR) is 83.1 cm³/mol. The molecule has 0 bridgehead atoms. The molecule has 0 fully saturated rings. The van der Waals surface area contributed by atoms with Crippen molar-refractivity contribution in [3.8, 4) is 22.8 Å². The van der Waals surface area contributed by atoms with Crippen LogP contribution >= 0.6 is 0 Å². The summed E-state index contributed by atoms with van der Waals surface area (Å²) in [6.45, 7) is 3.75. The van der Waals surface area contributed by atoms with Gasteiger partial charge in [-0.1, -0.05) is 48.0 Å². The standard InChI is InChI=1S/C18H15NO2/c1-12-8-10-15(11-9-12)18-19-17(20)13(2)16(21-18)14-6-4-3-5-7-14/h3-11H,1-2H3. The topological polar surface area (TPSA) is 43.1 Å². The second-order valence-electron chi connectivity index (χ2n) is 5.01. The lowest BCUT2D eigenvalue weighted by Crippen LogP contribution is -2.11. The molecule has 0 aliphatic rings. The highest BCUT2D eigenvalue weighted by atomic mass is 16.3. The highest BCUT2D eigenvalue weighted by Gasteiger charge is 2.13. The summed E-state index contributed by atoms with van der Waals surface area (Å²) in [5.41, 5.74) is 3.10. The van der Waals surface area contributed by atoms with Crippen molar-refractivity contribution in [2.24, 2.45) is 0 Å². The Kier molecular flexibility index (Phi) is 3.40. The number of nitrogens with zero attached hydrogens (tertiary/aromatic N) is 1. The van der Waals surface area contributed by atoms with Crippen molar-refractivity contribution in [3.63, 3.8) is 0 Å². The minimum atomic E-state index is -0.254. The summed E-state index contributed by atoms with van der Waals surface area (Å²) >= 11 is 0. The van der Waals surface area contributed by atoms with Gasteiger partial charge >= 0.3 is 0 Å². The van der Waals surface area contributed by atoms with Crippen LogP contribution in [0.5, 0.6) is 0 Å². The monoisotopic (exact) mass is 277 g/mol. The van der Waals surface area contributed by atoms with Crippen molar-refractivity contribution in [3.05, 3.63) is 76.1 Å². The average Bonchev–Trinajstić information content (AvgIpc) is 2.51. The SMILES string of the molecule is Cc1ccc(-c2nc(=O)c(C)c(-c3ccccc3)o2)cc1. The summed E-state index contributed by atoms with van der Waals surface area (Å²) < 4.78 is 5.89. The van der Waals surface area contributed by atoms with E-state index in [0.29, 0.717) is 17.2 Å². The van der Waals surface area contributed by atoms with Gasteiger partial charge in [0, 0.05) is 11.1 Å². The third-order valence-corrected chi connectivity index (χ3v) is 3.40. The normalized spacial score (nSPS) is 10.6. The maximum atomic E-state index is 12.1. The molecule has 0 aliphatic carbocycles. The Bertz CT molecular complexity index is 818. The van der Waals surface area contributed by atoms with Gasteiger partial charge in [-0.25, -0.2) is 0 Å². The summed E-state index contributed by atoms with van der Waals surface area (Å²) in [6.07, 6.45) is 0. The fourth-order valence-electron chi connectivity index (χ4n) is 2.15. The van der Waals surface area contributed by atoms with E-state index in [4.69, 9.17) is 4.42 Å². The van der Waals surface area contributed by atoms with Crippen LogP contribution in [0.4, 0.5) is 0 Å². The lowest BCUT2D eigenvalue weighted by molar-refractivity contribution is 0.552. The van der Waals surface area contributed by atoms with Crippen molar-refractivity contribution >= 4 is 0 Å². The Morgan fingerprint density at radius 1 is 0.857 bits per heavy atom. The van der Waals surface area contributed by atoms with E-state index in [1.165, 1.54) is 0 Å². The van der Waals surface area contributed by atoms with Crippen molar-refractivity contribution in [2.75, 3.05) is 0 Å². The molecule has 0 N–H and O–H groups in total. The second-order valence-corrected chi connectivity index (χ2v) is 5.01. The van der Waals surface area contributed by atoms with Crippen LogP contribution in [0.2, 0.25) is 0 Å². The molecule has 21 heavy (non-hydrogen) atoms. The van der Waals surface area contributed by atoms with Gasteiger partial charge in [-0.2, -0.15) is 4.98 Å². The summed E-state index contributed by atoms with van der Waals surface area (Å²) in [4.78, 5) is 16.1. The minimum Gasteiger partial charge on any atom is -0.437 e. The van der Waals surface area contributed by atoms with Crippen LogP contribution in [0, 0.1) is 13.8 Å². The molecule has 3 aromatic rings. The number of aryl methyl sites for hydroxylation is 1. The van der Waals surface area contributed by atoms with Gasteiger partial charge in [-0.3, -0.25) is 4.79 Å². The fraction of sp³-hybridized carbons (Fsp3) is 0.111.